The van der Waals surface area contributed by atoms with E-state index in [0.717, 1.165) is 19.0 Å². The molecule has 0 spiro atoms. The molecule has 0 radical (unpaired) electrons. The summed E-state index contributed by atoms with van der Waals surface area (Å²) >= 11 is 0. The summed E-state index contributed by atoms with van der Waals surface area (Å²) in [4.78, 5) is 0. The summed E-state index contributed by atoms with van der Waals surface area (Å²) in [6, 6.07) is 0.742. The average Bonchev–Trinajstić information content (AvgIpc) is 2.35. The minimum atomic E-state index is 0.612. The molecule has 0 aromatic rings. The molecule has 0 unspecified atom stereocenters. The summed E-state index contributed by atoms with van der Waals surface area (Å²) < 4.78 is 0. The minimum absolute atomic E-state index is 0.612. The fraction of sp³-hybridized carbons (Fsp3) is 0.647. The van der Waals surface area contributed by atoms with Gasteiger partial charge in [-0.15, -0.1) is 0 Å². The summed E-state index contributed by atoms with van der Waals surface area (Å²) in [5.41, 5.74) is 8.44. The highest BCUT2D eigenvalue weighted by Gasteiger charge is 2.17. The van der Waals surface area contributed by atoms with E-state index in [4.69, 9.17) is 5.73 Å². The third kappa shape index (κ3) is 6.22. The summed E-state index contributed by atoms with van der Waals surface area (Å²) in [6.45, 7) is 6.06. The second kappa shape index (κ2) is 9.99. The molecule has 0 aromatic carbocycles. The van der Waals surface area contributed by atoms with Gasteiger partial charge in [-0.05, 0) is 36.8 Å². The predicted octanol–water partition coefficient (Wildman–Crippen LogP) is 3.71. The molecule has 0 saturated heterocycles. The van der Waals surface area contributed by atoms with Crippen molar-refractivity contribution in [2.75, 3.05) is 13.1 Å². The molecule has 0 amide bonds. The number of hydrogen-bond donors (Lipinski definition) is 2. The van der Waals surface area contributed by atoms with Gasteiger partial charge in [-0.2, -0.15) is 0 Å². The zero-order valence-electron chi connectivity index (χ0n) is 12.6. The van der Waals surface area contributed by atoms with Gasteiger partial charge in [-0.3, -0.25) is 0 Å². The Balaban J connectivity index is 2.66. The van der Waals surface area contributed by atoms with Gasteiger partial charge in [0.25, 0.3) is 0 Å². The maximum absolute atomic E-state index is 5.51. The van der Waals surface area contributed by atoms with Crippen LogP contribution in [0, 0.1) is 0 Å². The smallest absolute Gasteiger partial charge is 0.0210 e. The summed E-state index contributed by atoms with van der Waals surface area (Å²) in [5.74, 6) is 0. The maximum atomic E-state index is 5.51. The van der Waals surface area contributed by atoms with Crippen LogP contribution in [0.15, 0.2) is 35.5 Å². The Labute approximate surface area is 118 Å². The normalized spacial score (nSPS) is 18.1. The predicted molar refractivity (Wildman–Crippen MR) is 85.2 cm³/mol. The molecule has 0 aliphatic heterocycles. The molecular weight excluding hydrogens is 232 g/mol. The zero-order chi connectivity index (χ0) is 13.9. The molecule has 2 nitrogen and oxygen atoms in total. The number of rotatable bonds is 9. The van der Waals surface area contributed by atoms with Crippen molar-refractivity contribution in [1.29, 1.82) is 0 Å². The molecule has 1 aliphatic carbocycles. The highest BCUT2D eigenvalue weighted by Crippen LogP contribution is 2.21. The number of nitrogens with two attached hydrogens (primary N) is 1. The van der Waals surface area contributed by atoms with Gasteiger partial charge in [0.2, 0.25) is 0 Å². The van der Waals surface area contributed by atoms with Crippen molar-refractivity contribution >= 4 is 0 Å². The van der Waals surface area contributed by atoms with Gasteiger partial charge in [0, 0.05) is 19.1 Å². The van der Waals surface area contributed by atoms with E-state index in [2.05, 4.69) is 37.4 Å². The van der Waals surface area contributed by atoms with Crippen LogP contribution >= 0.6 is 0 Å². The van der Waals surface area contributed by atoms with Crippen LogP contribution in [0.3, 0.4) is 0 Å². The fourth-order valence-corrected chi connectivity index (χ4v) is 2.32. The van der Waals surface area contributed by atoms with Crippen LogP contribution in [0.5, 0.6) is 0 Å². The van der Waals surface area contributed by atoms with Crippen LogP contribution in [0.1, 0.15) is 52.4 Å². The molecule has 1 rings (SSSR count). The lowest BCUT2D eigenvalue weighted by atomic mass is 9.92. The van der Waals surface area contributed by atoms with Crippen LogP contribution in [0.2, 0.25) is 0 Å². The van der Waals surface area contributed by atoms with Crippen molar-refractivity contribution in [2.24, 2.45) is 5.73 Å². The molecule has 0 aromatic heterocycles. The Hall–Kier alpha value is -0.860. The number of hydrogen-bond acceptors (Lipinski definition) is 2. The maximum Gasteiger partial charge on any atom is 0.0210 e. The number of allylic oxidation sites excluding steroid dienone is 3. The molecule has 2 heteroatoms. The van der Waals surface area contributed by atoms with Crippen molar-refractivity contribution < 1.29 is 0 Å². The first-order valence-electron chi connectivity index (χ1n) is 7.80. The second-order valence-electron chi connectivity index (χ2n) is 5.25. The number of nitrogens with one attached hydrogen (secondary N) is 1. The van der Waals surface area contributed by atoms with Crippen molar-refractivity contribution in [1.82, 2.24) is 5.32 Å². The second-order valence-corrected chi connectivity index (χ2v) is 5.25. The average molecular weight is 262 g/mol. The van der Waals surface area contributed by atoms with Crippen LogP contribution in [-0.4, -0.2) is 19.1 Å². The highest BCUT2D eigenvalue weighted by atomic mass is 14.9. The first-order chi connectivity index (χ1) is 9.31. The highest BCUT2D eigenvalue weighted by molar-refractivity contribution is 5.35. The first kappa shape index (κ1) is 16.2. The summed E-state index contributed by atoms with van der Waals surface area (Å²) in [5, 5.41) is 3.67. The Bertz CT molecular complexity index is 322. The zero-order valence-corrected chi connectivity index (χ0v) is 12.6. The van der Waals surface area contributed by atoms with Crippen molar-refractivity contribution in [3.8, 4) is 0 Å². The van der Waals surface area contributed by atoms with E-state index in [9.17, 15) is 0 Å². The lowest BCUT2D eigenvalue weighted by Gasteiger charge is -2.27. The Morgan fingerprint density at radius 1 is 1.26 bits per heavy atom. The third-order valence-corrected chi connectivity index (χ3v) is 3.64. The van der Waals surface area contributed by atoms with Crippen LogP contribution in [-0.2, 0) is 0 Å². The topological polar surface area (TPSA) is 38.0 Å². The molecule has 1 aliphatic rings. The Morgan fingerprint density at radius 2 is 2.05 bits per heavy atom. The van der Waals surface area contributed by atoms with E-state index in [0.29, 0.717) is 6.54 Å². The van der Waals surface area contributed by atoms with Gasteiger partial charge >= 0.3 is 0 Å². The molecule has 1 saturated carbocycles. The van der Waals surface area contributed by atoms with E-state index in [-0.39, 0.29) is 0 Å². The van der Waals surface area contributed by atoms with Gasteiger partial charge in [0.05, 0.1) is 0 Å². The molecule has 0 atom stereocenters. The largest absolute Gasteiger partial charge is 0.327 e. The standard InChI is InChI=1S/C17H30N2/c1-3-8-15(9-4-2)16(10-5-6-13-18)14-19-17-11-7-12-17/h5-6,8,10,17,19H,3-4,7,9,11-14,18H2,1-2H3/b6-5+,15-8-,16-10-. The van der Waals surface area contributed by atoms with E-state index >= 15 is 0 Å². The van der Waals surface area contributed by atoms with Crippen molar-refractivity contribution in [2.45, 2.75) is 58.4 Å². The molecule has 19 heavy (non-hydrogen) atoms. The van der Waals surface area contributed by atoms with Crippen LogP contribution in [0.4, 0.5) is 0 Å². The molecule has 108 valence electrons. The monoisotopic (exact) mass is 262 g/mol. The van der Waals surface area contributed by atoms with Gasteiger partial charge in [-0.25, -0.2) is 0 Å². The van der Waals surface area contributed by atoms with E-state index in [1.807, 2.05) is 6.08 Å². The molecular formula is C17H30N2. The minimum Gasteiger partial charge on any atom is -0.327 e. The van der Waals surface area contributed by atoms with E-state index in [1.165, 1.54) is 43.3 Å². The first-order valence-corrected chi connectivity index (χ1v) is 7.80. The lowest BCUT2D eigenvalue weighted by Crippen LogP contribution is -2.36. The van der Waals surface area contributed by atoms with Crippen LogP contribution in [0.25, 0.3) is 0 Å². The molecule has 0 bridgehead atoms. The lowest BCUT2D eigenvalue weighted by molar-refractivity contribution is 0.349. The Kier molecular flexibility index (Phi) is 8.52. The van der Waals surface area contributed by atoms with E-state index in [1.54, 1.807) is 0 Å². The summed E-state index contributed by atoms with van der Waals surface area (Å²) in [6.07, 6.45) is 16.3. The van der Waals surface area contributed by atoms with Crippen LogP contribution < -0.4 is 11.1 Å². The molecule has 3 N–H and O–H groups in total. The SMILES string of the molecule is CC\C=C(CCC)/C(=C\C=C\CN)CNC1CCC1. The van der Waals surface area contributed by atoms with E-state index < -0.39 is 0 Å². The van der Waals surface area contributed by atoms with Crippen molar-refractivity contribution in [3.63, 3.8) is 0 Å². The van der Waals surface area contributed by atoms with Crippen molar-refractivity contribution in [3.05, 3.63) is 35.5 Å². The summed E-state index contributed by atoms with van der Waals surface area (Å²) in [7, 11) is 0. The quantitative estimate of drug-likeness (QED) is 0.622. The van der Waals surface area contributed by atoms with Gasteiger partial charge in [-0.1, -0.05) is 51.0 Å². The van der Waals surface area contributed by atoms with Gasteiger partial charge in [0.15, 0.2) is 0 Å². The third-order valence-electron chi connectivity index (χ3n) is 3.64. The fourth-order valence-electron chi connectivity index (χ4n) is 2.32. The Morgan fingerprint density at radius 3 is 2.58 bits per heavy atom. The molecule has 0 heterocycles. The van der Waals surface area contributed by atoms with Gasteiger partial charge in [0.1, 0.15) is 0 Å². The molecule has 1 fully saturated rings. The van der Waals surface area contributed by atoms with Gasteiger partial charge < -0.3 is 11.1 Å².